The van der Waals surface area contributed by atoms with E-state index >= 15 is 0 Å². The Kier molecular flexibility index (Phi) is 6.41. The molecule has 0 aliphatic carbocycles. The van der Waals surface area contributed by atoms with Gasteiger partial charge in [0.2, 0.25) is 0 Å². The van der Waals surface area contributed by atoms with Crippen molar-refractivity contribution in [3.05, 3.63) is 69.7 Å². The fourth-order valence-electron chi connectivity index (χ4n) is 2.58. The summed E-state index contributed by atoms with van der Waals surface area (Å²) in [5.74, 6) is -1.34. The molecule has 3 rings (SSSR count). The van der Waals surface area contributed by atoms with Gasteiger partial charge >= 0.3 is 5.97 Å². The molecule has 1 N–H and O–H groups in total. The number of rotatable bonds is 6. The molecule has 0 bridgehead atoms. The number of amides is 1. The predicted molar refractivity (Wildman–Crippen MR) is 113 cm³/mol. The molecule has 2 aromatic carbocycles. The van der Waals surface area contributed by atoms with Crippen molar-refractivity contribution in [2.75, 3.05) is 11.9 Å². The zero-order chi connectivity index (χ0) is 21.0. The first kappa shape index (κ1) is 20.7. The Balaban J connectivity index is 1.65. The molecule has 0 saturated carbocycles. The third kappa shape index (κ3) is 5.07. The van der Waals surface area contributed by atoms with Gasteiger partial charge < -0.3 is 10.1 Å². The second-order valence-electron chi connectivity index (χ2n) is 6.17. The minimum Gasteiger partial charge on any atom is -0.451 e. The number of aromatic nitrogens is 1. The van der Waals surface area contributed by atoms with Crippen LogP contribution in [-0.2, 0) is 9.53 Å². The van der Waals surface area contributed by atoms with E-state index in [9.17, 15) is 14.4 Å². The standard InChI is InChI=1S/C21H17ClN2O4S/c1-12-19(29-20(23-12)14-7-9-15(22)10-8-14)21(27)28-11-18(26)24-17-6-4-3-5-16(17)13(2)25/h3-10H,11H2,1-2H3,(H,24,26). The van der Waals surface area contributed by atoms with Gasteiger partial charge in [-0.2, -0.15) is 0 Å². The molecule has 148 valence electrons. The molecule has 3 aromatic rings. The summed E-state index contributed by atoms with van der Waals surface area (Å²) in [6.07, 6.45) is 0. The van der Waals surface area contributed by atoms with E-state index in [-0.39, 0.29) is 5.78 Å². The number of hydrogen-bond acceptors (Lipinski definition) is 6. The van der Waals surface area contributed by atoms with Crippen LogP contribution in [0.5, 0.6) is 0 Å². The summed E-state index contributed by atoms with van der Waals surface area (Å²) in [7, 11) is 0. The number of thiazole rings is 1. The molecule has 0 fully saturated rings. The van der Waals surface area contributed by atoms with Crippen LogP contribution in [-0.4, -0.2) is 29.3 Å². The number of benzene rings is 2. The van der Waals surface area contributed by atoms with Crippen molar-refractivity contribution in [3.63, 3.8) is 0 Å². The van der Waals surface area contributed by atoms with Gasteiger partial charge in [-0.15, -0.1) is 11.3 Å². The largest absolute Gasteiger partial charge is 0.451 e. The number of carbonyl (C=O) groups excluding carboxylic acids is 3. The average molecular weight is 429 g/mol. The van der Waals surface area contributed by atoms with Crippen LogP contribution in [0.15, 0.2) is 48.5 Å². The van der Waals surface area contributed by atoms with Gasteiger partial charge in [-0.3, -0.25) is 9.59 Å². The topological polar surface area (TPSA) is 85.4 Å². The minimum atomic E-state index is -0.629. The first-order valence-corrected chi connectivity index (χ1v) is 9.85. The van der Waals surface area contributed by atoms with Crippen LogP contribution >= 0.6 is 22.9 Å². The lowest BCUT2D eigenvalue weighted by atomic mass is 10.1. The summed E-state index contributed by atoms with van der Waals surface area (Å²) in [5.41, 5.74) is 2.12. The Hall–Kier alpha value is -3.03. The highest BCUT2D eigenvalue weighted by Crippen LogP contribution is 2.29. The monoisotopic (exact) mass is 428 g/mol. The molecule has 0 saturated heterocycles. The maximum absolute atomic E-state index is 12.4. The Labute approximate surface area is 176 Å². The second-order valence-corrected chi connectivity index (χ2v) is 7.60. The van der Waals surface area contributed by atoms with Crippen LogP contribution in [0.2, 0.25) is 5.02 Å². The molecule has 0 aliphatic heterocycles. The molecule has 6 nitrogen and oxygen atoms in total. The lowest BCUT2D eigenvalue weighted by Crippen LogP contribution is -2.21. The number of ketones is 1. The predicted octanol–water partition coefficient (Wildman–Crippen LogP) is 4.77. The number of hydrogen-bond donors (Lipinski definition) is 1. The highest BCUT2D eigenvalue weighted by Gasteiger charge is 2.19. The Morgan fingerprint density at radius 2 is 1.79 bits per heavy atom. The highest BCUT2D eigenvalue weighted by molar-refractivity contribution is 7.17. The summed E-state index contributed by atoms with van der Waals surface area (Å²) < 4.78 is 5.12. The normalized spacial score (nSPS) is 10.4. The van der Waals surface area contributed by atoms with Crippen molar-refractivity contribution >= 4 is 46.3 Å². The maximum atomic E-state index is 12.4. The van der Waals surface area contributed by atoms with Crippen molar-refractivity contribution in [1.82, 2.24) is 4.98 Å². The third-order valence-electron chi connectivity index (χ3n) is 3.99. The number of Topliss-reactive ketones (excluding diaryl/α,β-unsaturated/α-hetero) is 1. The van der Waals surface area contributed by atoms with Crippen LogP contribution in [0.1, 0.15) is 32.6 Å². The van der Waals surface area contributed by atoms with Crippen LogP contribution in [0, 0.1) is 6.92 Å². The maximum Gasteiger partial charge on any atom is 0.350 e. The van der Waals surface area contributed by atoms with Gasteiger partial charge in [-0.25, -0.2) is 9.78 Å². The lowest BCUT2D eigenvalue weighted by Gasteiger charge is -2.09. The van der Waals surface area contributed by atoms with Gasteiger partial charge in [0.1, 0.15) is 9.88 Å². The number of carbonyl (C=O) groups is 3. The summed E-state index contributed by atoms with van der Waals surface area (Å²) in [6, 6.07) is 13.8. The Bertz CT molecular complexity index is 1080. The highest BCUT2D eigenvalue weighted by atomic mass is 35.5. The van der Waals surface area contributed by atoms with E-state index in [1.165, 1.54) is 18.3 Å². The molecular weight excluding hydrogens is 412 g/mol. The van der Waals surface area contributed by atoms with E-state index in [4.69, 9.17) is 16.3 Å². The summed E-state index contributed by atoms with van der Waals surface area (Å²) in [5, 5.41) is 3.86. The first-order chi connectivity index (χ1) is 13.8. The van der Waals surface area contributed by atoms with Gasteiger partial charge in [0.25, 0.3) is 5.91 Å². The number of ether oxygens (including phenoxy) is 1. The number of aryl methyl sites for hydroxylation is 1. The van der Waals surface area contributed by atoms with E-state index in [0.29, 0.717) is 31.9 Å². The van der Waals surface area contributed by atoms with E-state index in [1.807, 2.05) is 12.1 Å². The molecular formula is C21H17ClN2O4S. The number of para-hydroxylation sites is 1. The molecule has 8 heteroatoms. The van der Waals surface area contributed by atoms with Crippen LogP contribution in [0.4, 0.5) is 5.69 Å². The zero-order valence-electron chi connectivity index (χ0n) is 15.7. The quantitative estimate of drug-likeness (QED) is 0.451. The van der Waals surface area contributed by atoms with Crippen molar-refractivity contribution in [3.8, 4) is 10.6 Å². The SMILES string of the molecule is CC(=O)c1ccccc1NC(=O)COC(=O)c1sc(-c2ccc(Cl)cc2)nc1C. The zero-order valence-corrected chi connectivity index (χ0v) is 17.3. The van der Waals surface area contributed by atoms with Crippen molar-refractivity contribution in [1.29, 1.82) is 0 Å². The fourth-order valence-corrected chi connectivity index (χ4v) is 3.68. The van der Waals surface area contributed by atoms with Crippen molar-refractivity contribution < 1.29 is 19.1 Å². The number of nitrogens with zero attached hydrogens (tertiary/aromatic N) is 1. The number of anilines is 1. The summed E-state index contributed by atoms with van der Waals surface area (Å²) in [6.45, 7) is 2.64. The lowest BCUT2D eigenvalue weighted by molar-refractivity contribution is -0.119. The van der Waals surface area contributed by atoms with Gasteiger partial charge in [0.15, 0.2) is 12.4 Å². The number of nitrogens with one attached hydrogen (secondary N) is 1. The van der Waals surface area contributed by atoms with Gasteiger partial charge in [0.05, 0.1) is 11.4 Å². The minimum absolute atomic E-state index is 0.173. The van der Waals surface area contributed by atoms with E-state index in [0.717, 1.165) is 5.56 Å². The van der Waals surface area contributed by atoms with E-state index in [1.54, 1.807) is 43.3 Å². The smallest absolute Gasteiger partial charge is 0.350 e. The molecule has 1 heterocycles. The van der Waals surface area contributed by atoms with Gasteiger partial charge in [-0.05, 0) is 38.1 Å². The number of halogens is 1. The van der Waals surface area contributed by atoms with Crippen molar-refractivity contribution in [2.45, 2.75) is 13.8 Å². The van der Waals surface area contributed by atoms with Crippen LogP contribution in [0.3, 0.4) is 0 Å². The molecule has 1 aromatic heterocycles. The van der Waals surface area contributed by atoms with E-state index in [2.05, 4.69) is 10.3 Å². The number of esters is 1. The fraction of sp³-hybridized carbons (Fsp3) is 0.143. The molecule has 29 heavy (non-hydrogen) atoms. The first-order valence-electron chi connectivity index (χ1n) is 8.65. The molecule has 0 atom stereocenters. The van der Waals surface area contributed by atoms with Gasteiger partial charge in [-0.1, -0.05) is 35.9 Å². The Morgan fingerprint density at radius 3 is 2.48 bits per heavy atom. The summed E-state index contributed by atoms with van der Waals surface area (Å²) in [4.78, 5) is 40.9. The summed E-state index contributed by atoms with van der Waals surface area (Å²) >= 11 is 7.08. The van der Waals surface area contributed by atoms with Crippen LogP contribution < -0.4 is 5.32 Å². The second kappa shape index (κ2) is 8.98. The Morgan fingerprint density at radius 1 is 1.10 bits per heavy atom. The van der Waals surface area contributed by atoms with Crippen molar-refractivity contribution in [2.24, 2.45) is 0 Å². The molecule has 0 radical (unpaired) electrons. The third-order valence-corrected chi connectivity index (χ3v) is 5.43. The van der Waals surface area contributed by atoms with Gasteiger partial charge in [0, 0.05) is 16.1 Å². The molecule has 0 spiro atoms. The molecule has 0 unspecified atom stereocenters. The van der Waals surface area contributed by atoms with Crippen LogP contribution in [0.25, 0.3) is 10.6 Å². The molecule has 0 aliphatic rings. The average Bonchev–Trinajstić information content (AvgIpc) is 3.08. The molecule has 1 amide bonds. The van der Waals surface area contributed by atoms with E-state index < -0.39 is 18.5 Å².